The zero-order chi connectivity index (χ0) is 10.6. The van der Waals surface area contributed by atoms with Gasteiger partial charge in [0.15, 0.2) is 0 Å². The minimum Gasteiger partial charge on any atom is -0.493 e. The maximum atomic E-state index is 5.69. The van der Waals surface area contributed by atoms with Gasteiger partial charge in [0.25, 0.3) is 0 Å². The van der Waals surface area contributed by atoms with E-state index in [9.17, 15) is 0 Å². The van der Waals surface area contributed by atoms with Gasteiger partial charge >= 0.3 is 0 Å². The van der Waals surface area contributed by atoms with E-state index in [-0.39, 0.29) is 0 Å². The summed E-state index contributed by atoms with van der Waals surface area (Å²) in [6, 6.07) is 6.03. The van der Waals surface area contributed by atoms with E-state index in [1.165, 1.54) is 0 Å². The SMILES string of the molecule is Cc1c(CN)cccc1OCC(C)C. The van der Waals surface area contributed by atoms with Crippen LogP contribution in [0.1, 0.15) is 25.0 Å². The zero-order valence-corrected chi connectivity index (χ0v) is 9.21. The van der Waals surface area contributed by atoms with Crippen molar-refractivity contribution in [2.24, 2.45) is 11.7 Å². The fourth-order valence-electron chi connectivity index (χ4n) is 1.29. The molecule has 0 aliphatic rings. The molecule has 78 valence electrons. The Kier molecular flexibility index (Phi) is 3.96. The molecule has 2 nitrogen and oxygen atoms in total. The van der Waals surface area contributed by atoms with Crippen LogP contribution in [0.15, 0.2) is 18.2 Å². The summed E-state index contributed by atoms with van der Waals surface area (Å²) >= 11 is 0. The first-order valence-corrected chi connectivity index (χ1v) is 5.06. The second-order valence-electron chi connectivity index (χ2n) is 3.95. The number of ether oxygens (including phenoxy) is 1. The monoisotopic (exact) mass is 193 g/mol. The fourth-order valence-corrected chi connectivity index (χ4v) is 1.29. The lowest BCUT2D eigenvalue weighted by Gasteiger charge is -2.13. The molecular weight excluding hydrogens is 174 g/mol. The van der Waals surface area contributed by atoms with E-state index in [0.29, 0.717) is 12.5 Å². The molecule has 0 radical (unpaired) electrons. The first-order valence-electron chi connectivity index (χ1n) is 5.06. The van der Waals surface area contributed by atoms with Crippen molar-refractivity contribution in [2.45, 2.75) is 27.3 Å². The molecule has 0 unspecified atom stereocenters. The summed E-state index contributed by atoms with van der Waals surface area (Å²) in [6.07, 6.45) is 0. The van der Waals surface area contributed by atoms with E-state index >= 15 is 0 Å². The number of rotatable bonds is 4. The quantitative estimate of drug-likeness (QED) is 0.797. The van der Waals surface area contributed by atoms with Crippen molar-refractivity contribution in [3.8, 4) is 5.75 Å². The molecule has 14 heavy (non-hydrogen) atoms. The summed E-state index contributed by atoms with van der Waals surface area (Å²) in [6.45, 7) is 7.67. The van der Waals surface area contributed by atoms with Crippen LogP contribution in [0.5, 0.6) is 5.75 Å². The molecule has 1 aromatic rings. The van der Waals surface area contributed by atoms with Crippen LogP contribution >= 0.6 is 0 Å². The molecule has 0 aromatic heterocycles. The van der Waals surface area contributed by atoms with Gasteiger partial charge in [-0.15, -0.1) is 0 Å². The highest BCUT2D eigenvalue weighted by atomic mass is 16.5. The van der Waals surface area contributed by atoms with Crippen LogP contribution in [0.4, 0.5) is 0 Å². The highest BCUT2D eigenvalue weighted by Gasteiger charge is 2.04. The molecule has 0 spiro atoms. The first-order chi connectivity index (χ1) is 6.65. The lowest BCUT2D eigenvalue weighted by molar-refractivity contribution is 0.269. The Labute approximate surface area is 86.1 Å². The molecule has 0 amide bonds. The van der Waals surface area contributed by atoms with Gasteiger partial charge in [-0.2, -0.15) is 0 Å². The van der Waals surface area contributed by atoms with Crippen LogP contribution in [0.25, 0.3) is 0 Å². The summed E-state index contributed by atoms with van der Waals surface area (Å²) < 4.78 is 5.69. The standard InChI is InChI=1S/C12H19NO/c1-9(2)8-14-12-6-4-5-11(7-13)10(12)3/h4-6,9H,7-8,13H2,1-3H3. The molecule has 0 fully saturated rings. The van der Waals surface area contributed by atoms with E-state index in [2.05, 4.69) is 20.8 Å². The predicted molar refractivity (Wildman–Crippen MR) is 59.4 cm³/mol. The first kappa shape index (κ1) is 11.1. The highest BCUT2D eigenvalue weighted by molar-refractivity contribution is 5.38. The summed E-state index contributed by atoms with van der Waals surface area (Å²) in [7, 11) is 0. The number of hydrogen-bond donors (Lipinski definition) is 1. The Hall–Kier alpha value is -1.02. The van der Waals surface area contributed by atoms with Crippen molar-refractivity contribution >= 4 is 0 Å². The Morgan fingerprint density at radius 3 is 2.64 bits per heavy atom. The molecule has 0 saturated carbocycles. The van der Waals surface area contributed by atoms with Crippen LogP contribution in [-0.4, -0.2) is 6.61 Å². The molecule has 2 N–H and O–H groups in total. The lowest BCUT2D eigenvalue weighted by Crippen LogP contribution is -2.07. The lowest BCUT2D eigenvalue weighted by atomic mass is 10.1. The molecule has 2 heteroatoms. The summed E-state index contributed by atoms with van der Waals surface area (Å²) in [4.78, 5) is 0. The average molecular weight is 193 g/mol. The van der Waals surface area contributed by atoms with E-state index in [0.717, 1.165) is 23.5 Å². The Morgan fingerprint density at radius 1 is 1.36 bits per heavy atom. The molecule has 0 saturated heterocycles. The Bertz CT molecular complexity index is 294. The number of nitrogens with two attached hydrogens (primary N) is 1. The van der Waals surface area contributed by atoms with Gasteiger partial charge in [0, 0.05) is 6.54 Å². The summed E-state index contributed by atoms with van der Waals surface area (Å²) in [5, 5.41) is 0. The molecule has 1 rings (SSSR count). The molecule has 0 bridgehead atoms. The highest BCUT2D eigenvalue weighted by Crippen LogP contribution is 2.21. The maximum absolute atomic E-state index is 5.69. The molecule has 0 atom stereocenters. The van der Waals surface area contributed by atoms with E-state index in [4.69, 9.17) is 10.5 Å². The molecule has 0 heterocycles. The minimum absolute atomic E-state index is 0.552. The van der Waals surface area contributed by atoms with Crippen LogP contribution in [0.3, 0.4) is 0 Å². The minimum atomic E-state index is 0.552. The third-order valence-electron chi connectivity index (χ3n) is 2.19. The molecule has 1 aromatic carbocycles. The van der Waals surface area contributed by atoms with Crippen LogP contribution in [0, 0.1) is 12.8 Å². The Morgan fingerprint density at radius 2 is 2.07 bits per heavy atom. The van der Waals surface area contributed by atoms with E-state index < -0.39 is 0 Å². The second kappa shape index (κ2) is 5.01. The number of benzene rings is 1. The van der Waals surface area contributed by atoms with Crippen molar-refractivity contribution in [2.75, 3.05) is 6.61 Å². The van der Waals surface area contributed by atoms with Gasteiger partial charge in [-0.1, -0.05) is 26.0 Å². The number of hydrogen-bond acceptors (Lipinski definition) is 2. The molecular formula is C12H19NO. The second-order valence-corrected chi connectivity index (χ2v) is 3.95. The van der Waals surface area contributed by atoms with Crippen molar-refractivity contribution in [3.05, 3.63) is 29.3 Å². The molecule has 0 aliphatic heterocycles. The third-order valence-corrected chi connectivity index (χ3v) is 2.19. The Balaban J connectivity index is 2.76. The summed E-state index contributed by atoms with van der Waals surface area (Å²) in [5.41, 5.74) is 7.94. The largest absolute Gasteiger partial charge is 0.493 e. The van der Waals surface area contributed by atoms with E-state index in [1.807, 2.05) is 18.2 Å². The normalized spacial score (nSPS) is 10.6. The van der Waals surface area contributed by atoms with Crippen LogP contribution in [0.2, 0.25) is 0 Å². The van der Waals surface area contributed by atoms with Crippen LogP contribution in [-0.2, 0) is 6.54 Å². The smallest absolute Gasteiger partial charge is 0.122 e. The average Bonchev–Trinajstić information content (AvgIpc) is 2.16. The van der Waals surface area contributed by atoms with Crippen molar-refractivity contribution in [3.63, 3.8) is 0 Å². The van der Waals surface area contributed by atoms with Crippen molar-refractivity contribution in [1.29, 1.82) is 0 Å². The summed E-state index contributed by atoms with van der Waals surface area (Å²) in [5.74, 6) is 1.51. The van der Waals surface area contributed by atoms with E-state index in [1.54, 1.807) is 0 Å². The third kappa shape index (κ3) is 2.74. The van der Waals surface area contributed by atoms with Gasteiger partial charge in [0.1, 0.15) is 5.75 Å². The van der Waals surface area contributed by atoms with Crippen molar-refractivity contribution < 1.29 is 4.74 Å². The van der Waals surface area contributed by atoms with Gasteiger partial charge in [0.05, 0.1) is 6.61 Å². The topological polar surface area (TPSA) is 35.2 Å². The van der Waals surface area contributed by atoms with Gasteiger partial charge in [0.2, 0.25) is 0 Å². The van der Waals surface area contributed by atoms with Crippen LogP contribution < -0.4 is 10.5 Å². The molecule has 0 aliphatic carbocycles. The fraction of sp³-hybridized carbons (Fsp3) is 0.500. The van der Waals surface area contributed by atoms with Gasteiger partial charge in [-0.3, -0.25) is 0 Å². The van der Waals surface area contributed by atoms with Gasteiger partial charge < -0.3 is 10.5 Å². The van der Waals surface area contributed by atoms with Crippen molar-refractivity contribution in [1.82, 2.24) is 0 Å². The zero-order valence-electron chi connectivity index (χ0n) is 9.21. The van der Waals surface area contributed by atoms with Gasteiger partial charge in [-0.25, -0.2) is 0 Å². The maximum Gasteiger partial charge on any atom is 0.122 e. The predicted octanol–water partition coefficient (Wildman–Crippen LogP) is 2.49. The van der Waals surface area contributed by atoms with Gasteiger partial charge in [-0.05, 0) is 30.0 Å².